The number of carbonyl (C=O) groups is 3. The summed E-state index contributed by atoms with van der Waals surface area (Å²) in [7, 11) is 0. The number of rotatable bonds is 4. The number of nitrogen functional groups attached to an aromatic ring is 1. The number of H-pyrrole nitrogens is 2. The summed E-state index contributed by atoms with van der Waals surface area (Å²) in [4.78, 5) is 49.9. The number of hydrogen-bond donors (Lipinski definition) is 4. The van der Waals surface area contributed by atoms with Gasteiger partial charge in [0.15, 0.2) is 11.3 Å². The van der Waals surface area contributed by atoms with E-state index in [1.807, 2.05) is 89.1 Å². The fourth-order valence-electron chi connectivity index (χ4n) is 12.5. The van der Waals surface area contributed by atoms with E-state index in [2.05, 4.69) is 334 Å². The Kier molecular flexibility index (Phi) is 35.0. The van der Waals surface area contributed by atoms with E-state index in [0.29, 0.717) is 29.4 Å². The lowest BCUT2D eigenvalue weighted by atomic mass is 9.86. The van der Waals surface area contributed by atoms with Crippen LogP contribution in [0.2, 0.25) is 0 Å². The van der Waals surface area contributed by atoms with Gasteiger partial charge in [-0.2, -0.15) is 20.7 Å². The van der Waals surface area contributed by atoms with Crippen molar-refractivity contribution in [3.8, 4) is 17.6 Å². The Morgan fingerprint density at radius 3 is 1.36 bits per heavy atom. The van der Waals surface area contributed by atoms with E-state index >= 15 is 0 Å². The lowest BCUT2D eigenvalue weighted by molar-refractivity contribution is -0.107. The van der Waals surface area contributed by atoms with Crippen LogP contribution in [0.15, 0.2) is 190 Å². The molecule has 0 aliphatic carbocycles. The number of imidazole rings is 4. The Hall–Kier alpha value is -13.5. The maximum absolute atomic E-state index is 11.3. The molecule has 15 heterocycles. The molecule has 0 aliphatic heterocycles. The molecule has 0 saturated carbocycles. The Balaban J connectivity index is 0.000000303. The number of carbonyl (C=O) groups excluding carboxylic acids is 3. The number of pyridine rings is 6. The first-order valence-electron chi connectivity index (χ1n) is 40.1. The van der Waals surface area contributed by atoms with Gasteiger partial charge in [-0.3, -0.25) is 36.7 Å². The highest BCUT2D eigenvalue weighted by Crippen LogP contribution is 2.32. The number of nitriles is 1. The molecule has 2 aromatic carbocycles. The first-order valence-corrected chi connectivity index (χ1v) is 40.1. The van der Waals surface area contributed by atoms with E-state index in [1.165, 1.54) is 55.9 Å². The molecule has 28 nitrogen and oxygen atoms in total. The molecule has 0 atom stereocenters. The number of hydrogen-bond acceptors (Lipinski definition) is 18. The molecule has 0 spiro atoms. The van der Waals surface area contributed by atoms with Crippen molar-refractivity contribution < 1.29 is 14.4 Å². The zero-order chi connectivity index (χ0) is 88.7. The summed E-state index contributed by atoms with van der Waals surface area (Å²) < 4.78 is 12.7. The Bertz CT molecular complexity index is 6410. The van der Waals surface area contributed by atoms with Crippen LogP contribution in [0.1, 0.15) is 289 Å². The van der Waals surface area contributed by atoms with Gasteiger partial charge in [0, 0.05) is 73.2 Å². The van der Waals surface area contributed by atoms with Gasteiger partial charge in [-0.05, 0) is 154 Å². The van der Waals surface area contributed by atoms with E-state index in [1.54, 1.807) is 41.7 Å². The number of aldehydes is 1. The monoisotopic (exact) mass is 1730 g/mol. The first-order chi connectivity index (χ1) is 56.5. The Morgan fingerprint density at radius 1 is 0.441 bits per heavy atom. The van der Waals surface area contributed by atoms with Crippen LogP contribution in [0.5, 0.6) is 0 Å². The minimum Gasteiger partial charge on any atom is -0.383 e. The number of benzene rings is 2. The third-order valence-electron chi connectivity index (χ3n) is 20.3. The predicted molar refractivity (Wildman–Crippen MR) is 519 cm³/mol. The Labute approximate surface area is 750 Å². The SMILES string of the molecule is C.C.C.C.C.C.CC(=O)n1ncc2cc(C(C)(C)C)ccc21.CC(C)(C)c1ccc2[nH]ncc2c1.CC(C)(C)c1ccc2ncc(-c3nn[nH]n3)n2c1.CC(C)(C)c1ccc2ncc(C#N)n2c1.CC(C)(C)c1ccc2ncc(CC=O)n2c1.CC(C)(C)c1ccc2ncc(N)n2c1.CC(C)(C)c1ccc2nnc(C(N)=O)n2c1.CC(C)(C)c1ccc2nncn2c1. The van der Waals surface area contributed by atoms with E-state index in [4.69, 9.17) is 16.7 Å². The third-order valence-corrected chi connectivity index (χ3v) is 20.3. The largest absolute Gasteiger partial charge is 0.383 e. The van der Waals surface area contributed by atoms with Gasteiger partial charge in [-0.15, -0.1) is 30.6 Å². The fourth-order valence-corrected chi connectivity index (χ4v) is 12.5. The van der Waals surface area contributed by atoms with Crippen LogP contribution in [-0.4, -0.2) is 125 Å². The lowest BCUT2D eigenvalue weighted by Gasteiger charge is -2.19. The number of anilines is 1. The van der Waals surface area contributed by atoms with Gasteiger partial charge in [0.25, 0.3) is 5.91 Å². The van der Waals surface area contributed by atoms with Gasteiger partial charge < -0.3 is 20.7 Å². The van der Waals surface area contributed by atoms with E-state index in [9.17, 15) is 14.4 Å². The third kappa shape index (κ3) is 26.3. The summed E-state index contributed by atoms with van der Waals surface area (Å²) in [6.07, 6.45) is 25.6. The van der Waals surface area contributed by atoms with Crippen LogP contribution >= 0.6 is 0 Å². The quantitative estimate of drug-likeness (QED) is 0.119. The van der Waals surface area contributed by atoms with Crippen LogP contribution in [0.4, 0.5) is 5.82 Å². The smallest absolute Gasteiger partial charge is 0.287 e. The maximum atomic E-state index is 11.3. The summed E-state index contributed by atoms with van der Waals surface area (Å²) in [6, 6.07) is 38.9. The van der Waals surface area contributed by atoms with Gasteiger partial charge in [-0.25, -0.2) is 24.6 Å². The van der Waals surface area contributed by atoms with Gasteiger partial charge in [-0.1, -0.05) is 259 Å². The van der Waals surface area contributed by atoms with Crippen LogP contribution in [0.3, 0.4) is 0 Å². The molecule has 0 radical (unpaired) electrons. The number of primary amides is 1. The number of nitrogens with one attached hydrogen (secondary N) is 2. The number of aromatic nitrogens is 22. The van der Waals surface area contributed by atoms with Gasteiger partial charge in [0.1, 0.15) is 58.5 Å². The van der Waals surface area contributed by atoms with Crippen molar-refractivity contribution in [2.75, 3.05) is 5.73 Å². The van der Waals surface area contributed by atoms with Crippen molar-refractivity contribution in [2.45, 2.75) is 267 Å². The topological polar surface area (TPSA) is 358 Å². The van der Waals surface area contributed by atoms with E-state index in [0.717, 1.165) is 67.9 Å². The van der Waals surface area contributed by atoms with Crippen molar-refractivity contribution in [2.24, 2.45) is 5.73 Å². The zero-order valence-electron chi connectivity index (χ0n) is 74.5. The second kappa shape index (κ2) is 42.0. The number of nitrogens with zero attached hydrogens (tertiary/aromatic N) is 21. The number of nitrogens with two attached hydrogens (primary N) is 2. The van der Waals surface area contributed by atoms with E-state index in [-0.39, 0.29) is 99.6 Å². The summed E-state index contributed by atoms with van der Waals surface area (Å²) in [5.41, 5.74) is 31.2. The Morgan fingerprint density at radius 2 is 0.866 bits per heavy atom. The number of aromatic amines is 2. The molecule has 0 saturated heterocycles. The molecule has 17 aromatic rings. The summed E-state index contributed by atoms with van der Waals surface area (Å²) in [5, 5.41) is 51.6. The lowest BCUT2D eigenvalue weighted by Crippen LogP contribution is -2.17. The summed E-state index contributed by atoms with van der Waals surface area (Å²) in [5.74, 6) is 0.776. The molecule has 678 valence electrons. The average Bonchev–Trinajstić information content (AvgIpc) is 1.66. The number of amides is 1. The second-order valence-corrected chi connectivity index (χ2v) is 38.1. The average molecular weight is 1730 g/mol. The highest BCUT2D eigenvalue weighted by atomic mass is 16.2. The molecule has 1 amide bonds. The predicted octanol–water partition coefficient (Wildman–Crippen LogP) is 21.7. The molecule has 15 aromatic heterocycles. The molecule has 127 heavy (non-hydrogen) atoms. The first kappa shape index (κ1) is 106. The number of fused-ring (bicyclic) bond motifs is 8. The molecular formula is C99H139N25O3. The molecule has 0 unspecified atom stereocenters. The standard InChI is InChI=1S/2C13H16N2O.C12H14N6.C12H13N3.C11H14N4O.C11H15N3.C11H14N2.C10H13N3.6CH4/c1-9(16)15-12-6-5-11(13(2,3)4)7-10(12)8-14-15;1-13(2,3)10-4-5-12-14-8-11(6-7-16)15(12)9-10;1-12(2,3)8-4-5-10-13-6-9(18(10)7-8)11-14-16-17-15-11;1-12(2,3)9-4-5-11-14-7-10(6-13)15(11)8-9;1-11(2,3)7-4-5-8-13-14-10(9(12)16)15(8)6-7;1-11(2,3)8-4-5-10-13-6-9(12)14(10)7-8;1-11(2,3)9-4-5-10-8(6-9)7-12-13-10;1-10(2,3)8-4-5-9-12-11-7-13(9)6-8;;;;;;/h5-8H,1-4H3;4-5,7-9H,6H2,1-3H3;4-7H,1-3H3,(H,14,15,16,17);4-5,7-8H,1-3H3;4-6H,1-3H3,(H2,12,16);4-7H,12H2,1-3H3;4-7H,1-3H3,(H,12,13);4-7H,1-3H3;6*1H4. The molecular weight excluding hydrogens is 1590 g/mol. The van der Waals surface area contributed by atoms with Gasteiger partial charge in [0.2, 0.25) is 17.6 Å². The van der Waals surface area contributed by atoms with Crippen LogP contribution in [0, 0.1) is 11.3 Å². The second-order valence-electron chi connectivity index (χ2n) is 38.1. The normalized spacial score (nSPS) is 11.5. The minimum absolute atomic E-state index is 0. The minimum atomic E-state index is -0.571. The summed E-state index contributed by atoms with van der Waals surface area (Å²) in [6.45, 7) is 53.6. The van der Waals surface area contributed by atoms with Crippen molar-refractivity contribution in [1.29, 1.82) is 5.26 Å². The van der Waals surface area contributed by atoms with Gasteiger partial charge in [0.05, 0.1) is 42.0 Å². The van der Waals surface area contributed by atoms with Gasteiger partial charge >= 0.3 is 0 Å². The summed E-state index contributed by atoms with van der Waals surface area (Å²) >= 11 is 0. The zero-order valence-corrected chi connectivity index (χ0v) is 74.5. The highest BCUT2D eigenvalue weighted by molar-refractivity contribution is 5.90. The van der Waals surface area contributed by atoms with Crippen molar-refractivity contribution in [3.05, 3.63) is 252 Å². The molecule has 6 N–H and O–H groups in total. The van der Waals surface area contributed by atoms with E-state index < -0.39 is 5.91 Å². The van der Waals surface area contributed by atoms with Crippen LogP contribution < -0.4 is 11.5 Å². The fraction of sp³-hybridized carbons (Fsp3) is 0.404. The van der Waals surface area contributed by atoms with Crippen LogP contribution in [0.25, 0.3) is 67.2 Å². The molecule has 17 rings (SSSR count). The van der Waals surface area contributed by atoms with Crippen molar-refractivity contribution in [1.82, 2.24) is 107 Å². The molecule has 28 heteroatoms. The maximum Gasteiger partial charge on any atom is 0.287 e. The number of tetrazole rings is 1. The van der Waals surface area contributed by atoms with Crippen molar-refractivity contribution >= 4 is 79.6 Å². The van der Waals surface area contributed by atoms with Crippen molar-refractivity contribution in [3.63, 3.8) is 0 Å². The molecule has 0 aliphatic rings. The molecule has 0 bridgehead atoms. The highest BCUT2D eigenvalue weighted by Gasteiger charge is 2.23. The van der Waals surface area contributed by atoms with Crippen LogP contribution in [-0.2, 0) is 54.5 Å². The molecule has 0 fully saturated rings.